The van der Waals surface area contributed by atoms with Crippen LogP contribution in [0.1, 0.15) is 20.8 Å². The number of anilines is 2. The third-order valence-electron chi connectivity index (χ3n) is 4.85. The number of halogens is 1. The van der Waals surface area contributed by atoms with Crippen LogP contribution in [0.3, 0.4) is 0 Å². The zero-order valence-corrected chi connectivity index (χ0v) is 21.2. The zero-order chi connectivity index (χ0) is 27.8. The molecule has 4 amide bonds. The summed E-state index contributed by atoms with van der Waals surface area (Å²) in [6, 6.07) is 8.24. The Balaban J connectivity index is 2.49. The standard InChI is InChI=1S/C23H32FN7O6/c1-22(2,13-32)36-19-12-15(24)10-11-17(19)31(21(35)27-5)29-28-23(3,14-33)37-18-9-7-6-8-16(18)30(25)20(34)26-4/h6-12,32-33H,13-14,25H2,1-5H3,(H,26,34)(H,27,35)/b29-28+. The van der Waals surface area contributed by atoms with Crippen molar-refractivity contribution in [3.63, 3.8) is 0 Å². The summed E-state index contributed by atoms with van der Waals surface area (Å²) >= 11 is 0. The summed E-state index contributed by atoms with van der Waals surface area (Å²) in [4.78, 5) is 24.7. The molecule has 1 unspecified atom stereocenters. The number of nitrogens with one attached hydrogen (secondary N) is 2. The molecule has 13 nitrogen and oxygen atoms in total. The van der Waals surface area contributed by atoms with Crippen molar-refractivity contribution >= 4 is 23.4 Å². The van der Waals surface area contributed by atoms with Crippen LogP contribution in [-0.2, 0) is 0 Å². The van der Waals surface area contributed by atoms with Crippen LogP contribution >= 0.6 is 0 Å². The molecule has 0 heterocycles. The van der Waals surface area contributed by atoms with Gasteiger partial charge >= 0.3 is 12.1 Å². The molecule has 0 aliphatic heterocycles. The smallest absolute Gasteiger partial charge is 0.343 e. The lowest BCUT2D eigenvalue weighted by Crippen LogP contribution is -2.44. The van der Waals surface area contributed by atoms with E-state index in [0.29, 0.717) is 0 Å². The Morgan fingerprint density at radius 3 is 2.22 bits per heavy atom. The van der Waals surface area contributed by atoms with Crippen molar-refractivity contribution in [2.75, 3.05) is 37.3 Å². The summed E-state index contributed by atoms with van der Waals surface area (Å²) in [7, 11) is 2.75. The first-order chi connectivity index (χ1) is 17.4. The van der Waals surface area contributed by atoms with Gasteiger partial charge in [-0.2, -0.15) is 5.01 Å². The van der Waals surface area contributed by atoms with E-state index in [1.54, 1.807) is 26.0 Å². The summed E-state index contributed by atoms with van der Waals surface area (Å²) in [5.74, 6) is 5.20. The van der Waals surface area contributed by atoms with E-state index in [1.807, 2.05) is 0 Å². The molecule has 2 rings (SSSR count). The number of hydrogen-bond acceptors (Lipinski definition) is 9. The van der Waals surface area contributed by atoms with E-state index in [-0.39, 0.29) is 22.9 Å². The predicted molar refractivity (Wildman–Crippen MR) is 134 cm³/mol. The quantitative estimate of drug-likeness (QED) is 0.138. The highest BCUT2D eigenvalue weighted by Crippen LogP contribution is 2.34. The van der Waals surface area contributed by atoms with Gasteiger partial charge in [0, 0.05) is 27.1 Å². The van der Waals surface area contributed by atoms with Crippen molar-refractivity contribution in [1.82, 2.24) is 10.6 Å². The second-order valence-corrected chi connectivity index (χ2v) is 8.52. The summed E-state index contributed by atoms with van der Waals surface area (Å²) in [5.41, 5.74) is -2.70. The fourth-order valence-electron chi connectivity index (χ4n) is 2.81. The van der Waals surface area contributed by atoms with Crippen LogP contribution < -0.4 is 36.0 Å². The van der Waals surface area contributed by atoms with Crippen molar-refractivity contribution in [2.24, 2.45) is 16.2 Å². The first-order valence-corrected chi connectivity index (χ1v) is 11.1. The molecule has 6 N–H and O–H groups in total. The van der Waals surface area contributed by atoms with E-state index in [2.05, 4.69) is 21.0 Å². The number of carbonyl (C=O) groups excluding carboxylic acids is 2. The highest BCUT2D eigenvalue weighted by molar-refractivity contribution is 5.93. The molecule has 0 saturated heterocycles. The van der Waals surface area contributed by atoms with Gasteiger partial charge in [-0.15, -0.1) is 5.11 Å². The molecule has 14 heteroatoms. The average molecular weight is 522 g/mol. The van der Waals surface area contributed by atoms with Crippen LogP contribution in [0.4, 0.5) is 25.4 Å². The molecular formula is C23H32FN7O6. The van der Waals surface area contributed by atoms with Gasteiger partial charge in [0.25, 0.3) is 0 Å². The number of hydrazine groups is 1. The molecule has 2 aromatic rings. The molecule has 37 heavy (non-hydrogen) atoms. The van der Waals surface area contributed by atoms with Gasteiger partial charge in [-0.05, 0) is 38.1 Å². The van der Waals surface area contributed by atoms with Crippen LogP contribution in [0.25, 0.3) is 0 Å². The number of amides is 4. The van der Waals surface area contributed by atoms with Gasteiger partial charge in [-0.1, -0.05) is 17.4 Å². The maximum atomic E-state index is 14.0. The number of rotatable bonds is 10. The maximum absolute atomic E-state index is 14.0. The molecule has 202 valence electrons. The SMILES string of the molecule is CNC(=O)N(N)c1ccccc1OC(C)(CO)/N=N/N(C(=O)NC)c1ccc(F)cc1OC(C)(C)CO. The molecule has 0 bridgehead atoms. The third kappa shape index (κ3) is 7.49. The molecule has 0 spiro atoms. The molecule has 2 aromatic carbocycles. The van der Waals surface area contributed by atoms with Crippen LogP contribution in [0.15, 0.2) is 52.8 Å². The molecule has 0 saturated carbocycles. The maximum Gasteiger partial charge on any atom is 0.343 e. The van der Waals surface area contributed by atoms with E-state index < -0.39 is 42.4 Å². The number of aliphatic hydroxyl groups excluding tert-OH is 2. The van der Waals surface area contributed by atoms with Gasteiger partial charge in [0.1, 0.15) is 40.9 Å². The van der Waals surface area contributed by atoms with Gasteiger partial charge < -0.3 is 30.3 Å². The fraction of sp³-hybridized carbons (Fsp3) is 0.391. The topological polar surface area (TPSA) is 174 Å². The number of urea groups is 2. The average Bonchev–Trinajstić information content (AvgIpc) is 2.88. The Morgan fingerprint density at radius 1 is 0.973 bits per heavy atom. The summed E-state index contributed by atoms with van der Waals surface area (Å²) in [6.45, 7) is 3.44. The number of ether oxygens (including phenoxy) is 2. The Bertz CT molecular complexity index is 1130. The highest BCUT2D eigenvalue weighted by atomic mass is 19.1. The number of carbonyl (C=O) groups is 2. The van der Waals surface area contributed by atoms with Crippen LogP contribution in [0, 0.1) is 5.82 Å². The number of benzene rings is 2. The second-order valence-electron chi connectivity index (χ2n) is 8.52. The first-order valence-electron chi connectivity index (χ1n) is 11.1. The van der Waals surface area contributed by atoms with Crippen molar-refractivity contribution in [1.29, 1.82) is 0 Å². The fourth-order valence-corrected chi connectivity index (χ4v) is 2.81. The summed E-state index contributed by atoms with van der Waals surface area (Å²) in [5, 5.41) is 34.0. The summed E-state index contributed by atoms with van der Waals surface area (Å²) in [6.07, 6.45) is 0. The lowest BCUT2D eigenvalue weighted by molar-refractivity contribution is 0.0262. The van der Waals surface area contributed by atoms with E-state index in [1.165, 1.54) is 39.2 Å². The first kappa shape index (κ1) is 29.2. The Morgan fingerprint density at radius 2 is 1.62 bits per heavy atom. The van der Waals surface area contributed by atoms with Gasteiger partial charge in [-0.25, -0.2) is 24.8 Å². The highest BCUT2D eigenvalue weighted by Gasteiger charge is 2.30. The van der Waals surface area contributed by atoms with Crippen molar-refractivity contribution in [3.8, 4) is 11.5 Å². The molecular weight excluding hydrogens is 489 g/mol. The van der Waals surface area contributed by atoms with Crippen LogP contribution in [0.2, 0.25) is 0 Å². The number of hydrogen-bond donors (Lipinski definition) is 5. The Labute approximate surface area is 213 Å². The van der Waals surface area contributed by atoms with Gasteiger partial charge in [0.05, 0.1) is 6.61 Å². The van der Waals surface area contributed by atoms with Gasteiger partial charge in [0.2, 0.25) is 5.72 Å². The summed E-state index contributed by atoms with van der Waals surface area (Å²) < 4.78 is 25.6. The van der Waals surface area contributed by atoms with Gasteiger partial charge in [-0.3, -0.25) is 0 Å². The molecule has 0 aromatic heterocycles. The number of aliphatic hydroxyl groups is 2. The lowest BCUT2D eigenvalue weighted by Gasteiger charge is -2.28. The molecule has 0 radical (unpaired) electrons. The van der Waals surface area contributed by atoms with E-state index in [4.69, 9.17) is 15.3 Å². The van der Waals surface area contributed by atoms with Crippen molar-refractivity contribution in [3.05, 3.63) is 48.3 Å². The molecule has 1 atom stereocenters. The number of nitrogens with two attached hydrogens (primary N) is 1. The minimum Gasteiger partial charge on any atom is -0.483 e. The minimum absolute atomic E-state index is 0.000495. The van der Waals surface area contributed by atoms with E-state index >= 15 is 0 Å². The molecule has 0 aliphatic rings. The monoisotopic (exact) mass is 521 g/mol. The van der Waals surface area contributed by atoms with Crippen LogP contribution in [-0.4, -0.2) is 60.9 Å². The molecule has 0 aliphatic carbocycles. The van der Waals surface area contributed by atoms with Crippen molar-refractivity contribution in [2.45, 2.75) is 32.1 Å². The largest absolute Gasteiger partial charge is 0.483 e. The Kier molecular flexibility index (Phi) is 9.71. The van der Waals surface area contributed by atoms with Gasteiger partial charge in [0.15, 0.2) is 0 Å². The van der Waals surface area contributed by atoms with E-state index in [9.17, 15) is 24.2 Å². The third-order valence-corrected chi connectivity index (χ3v) is 4.85. The van der Waals surface area contributed by atoms with E-state index in [0.717, 1.165) is 22.2 Å². The minimum atomic E-state index is -1.75. The number of nitrogens with zero attached hydrogens (tertiary/aromatic N) is 4. The Hall–Kier alpha value is -4.01. The second kappa shape index (κ2) is 12.3. The van der Waals surface area contributed by atoms with Crippen LogP contribution in [0.5, 0.6) is 11.5 Å². The molecule has 0 fully saturated rings. The van der Waals surface area contributed by atoms with Crippen molar-refractivity contribution < 1.29 is 33.7 Å². The number of para-hydroxylation sites is 2. The predicted octanol–water partition coefficient (Wildman–Crippen LogP) is 2.30. The lowest BCUT2D eigenvalue weighted by atomic mass is 10.1. The zero-order valence-electron chi connectivity index (χ0n) is 21.2. The normalized spacial score (nSPS) is 13.0.